The molecule has 26 rings (SSSR count). The molecule has 0 amide bonds. The van der Waals surface area contributed by atoms with Crippen LogP contribution in [0.1, 0.15) is 0 Å². The van der Waals surface area contributed by atoms with Crippen molar-refractivity contribution in [2.75, 3.05) is 0 Å². The standard InChI is InChI=1S/2C60H39N3/c1-4-15-40(16-5-1)42-27-31-47(32-28-42)61-55-25-12-10-23-49(55)51-36-44(29-33-57(51)61)45-30-34-58-52(37-45)54-39-59-53(50-24-11-13-26-56(50)62(59)46-20-8-3-9-21-46)38-60(54)63(58)48-22-14-19-43(35-48)41-17-6-2-7-18-41;1-4-15-40(16-5-1)42-27-31-47(32-28-42)61-55-25-12-10-23-49(55)51-36-44(29-33-57(51)61)45-30-34-58-52(37-45)54-38-53-50-24-11-13-26-56(50)62(46-20-8-3-9-21-46)59(53)39-60(54)63(58)48-22-14-19-43(35-48)41-17-6-2-7-18-41/h2*1-39H. The summed E-state index contributed by atoms with van der Waals surface area (Å²) in [7, 11) is 0. The normalized spacial score (nSPS) is 11.8. The van der Waals surface area contributed by atoms with Crippen LogP contribution in [0.3, 0.4) is 0 Å². The summed E-state index contributed by atoms with van der Waals surface area (Å²) in [5.41, 5.74) is 35.6. The van der Waals surface area contributed by atoms with Crippen LogP contribution in [0.5, 0.6) is 0 Å². The minimum atomic E-state index is 1.14. The van der Waals surface area contributed by atoms with Gasteiger partial charge in [0, 0.05) is 98.8 Å². The van der Waals surface area contributed by atoms with Crippen LogP contribution < -0.4 is 0 Å². The summed E-state index contributed by atoms with van der Waals surface area (Å²) in [6.07, 6.45) is 0. The third-order valence-corrected chi connectivity index (χ3v) is 26.0. The van der Waals surface area contributed by atoms with Gasteiger partial charge in [-0.25, -0.2) is 0 Å². The monoisotopic (exact) mass is 1600 g/mol. The summed E-state index contributed by atoms with van der Waals surface area (Å²) >= 11 is 0. The fourth-order valence-electron chi connectivity index (χ4n) is 20.2. The van der Waals surface area contributed by atoms with Gasteiger partial charge in [0.1, 0.15) is 0 Å². The molecule has 0 aliphatic heterocycles. The molecule has 0 unspecified atom stereocenters. The first-order valence-electron chi connectivity index (χ1n) is 43.3. The molecule has 6 aromatic heterocycles. The van der Waals surface area contributed by atoms with E-state index < -0.39 is 0 Å². The van der Waals surface area contributed by atoms with Crippen LogP contribution in [-0.2, 0) is 0 Å². The molecule has 0 fully saturated rings. The molecule has 0 radical (unpaired) electrons. The summed E-state index contributed by atoms with van der Waals surface area (Å²) in [6.45, 7) is 0. The summed E-state index contributed by atoms with van der Waals surface area (Å²) in [4.78, 5) is 0. The fourth-order valence-corrected chi connectivity index (χ4v) is 20.2. The van der Waals surface area contributed by atoms with Crippen molar-refractivity contribution in [2.45, 2.75) is 0 Å². The van der Waals surface area contributed by atoms with Gasteiger partial charge in [-0.3, -0.25) is 0 Å². The highest BCUT2D eigenvalue weighted by atomic mass is 15.0. The molecule has 0 bridgehead atoms. The molecule has 0 aliphatic carbocycles. The Morgan fingerprint density at radius 3 is 0.619 bits per heavy atom. The van der Waals surface area contributed by atoms with E-state index in [1.54, 1.807) is 0 Å². The molecule has 588 valence electrons. The van der Waals surface area contributed by atoms with Crippen molar-refractivity contribution in [2.24, 2.45) is 0 Å². The molecule has 6 heterocycles. The zero-order valence-electron chi connectivity index (χ0n) is 68.7. The molecule has 20 aromatic carbocycles. The van der Waals surface area contributed by atoms with E-state index >= 15 is 0 Å². The molecule has 26 aromatic rings. The van der Waals surface area contributed by atoms with E-state index in [0.717, 1.165) is 34.1 Å². The third kappa shape index (κ3) is 11.9. The first-order chi connectivity index (χ1) is 62.5. The lowest BCUT2D eigenvalue weighted by Gasteiger charge is -2.12. The van der Waals surface area contributed by atoms with Crippen LogP contribution in [0, 0.1) is 0 Å². The maximum atomic E-state index is 2.47. The van der Waals surface area contributed by atoms with E-state index in [1.807, 2.05) is 0 Å². The molecular formula is C120H78N6. The second-order valence-electron chi connectivity index (χ2n) is 33.1. The summed E-state index contributed by atoms with van der Waals surface area (Å²) in [5.74, 6) is 0. The Morgan fingerprint density at radius 1 is 0.0873 bits per heavy atom. The molecule has 6 nitrogen and oxygen atoms in total. The van der Waals surface area contributed by atoms with Gasteiger partial charge in [0.2, 0.25) is 0 Å². The average Bonchev–Trinajstić information content (AvgIpc) is 1.56. The second kappa shape index (κ2) is 29.5. The van der Waals surface area contributed by atoms with E-state index in [1.165, 1.54) is 198 Å². The summed E-state index contributed by atoms with van der Waals surface area (Å²) in [6, 6.07) is 173. The van der Waals surface area contributed by atoms with Gasteiger partial charge in [-0.05, 0) is 237 Å². The molecule has 0 saturated heterocycles. The van der Waals surface area contributed by atoms with Gasteiger partial charge >= 0.3 is 0 Å². The Kier molecular flexibility index (Phi) is 16.9. The van der Waals surface area contributed by atoms with Gasteiger partial charge in [0.15, 0.2) is 0 Å². The number of hydrogen-bond donors (Lipinski definition) is 0. The highest BCUT2D eigenvalue weighted by Crippen LogP contribution is 2.47. The van der Waals surface area contributed by atoms with Crippen molar-refractivity contribution in [1.29, 1.82) is 0 Å². The Bertz CT molecular complexity index is 8760. The van der Waals surface area contributed by atoms with Crippen molar-refractivity contribution in [3.8, 4) is 101 Å². The quantitative estimate of drug-likeness (QED) is 0.117. The van der Waals surface area contributed by atoms with E-state index in [2.05, 4.69) is 501 Å². The Labute approximate surface area is 727 Å². The maximum absolute atomic E-state index is 2.47. The zero-order chi connectivity index (χ0) is 82.9. The number of aromatic nitrogens is 6. The first kappa shape index (κ1) is 72.1. The lowest BCUT2D eigenvalue weighted by atomic mass is 10.00. The lowest BCUT2D eigenvalue weighted by Crippen LogP contribution is -1.96. The highest BCUT2D eigenvalue weighted by molar-refractivity contribution is 6.22. The van der Waals surface area contributed by atoms with Crippen LogP contribution in [0.4, 0.5) is 0 Å². The highest BCUT2D eigenvalue weighted by Gasteiger charge is 2.25. The van der Waals surface area contributed by atoms with Crippen LogP contribution in [0.2, 0.25) is 0 Å². The maximum Gasteiger partial charge on any atom is 0.0562 e. The minimum Gasteiger partial charge on any atom is -0.309 e. The largest absolute Gasteiger partial charge is 0.309 e. The van der Waals surface area contributed by atoms with E-state index in [9.17, 15) is 0 Å². The van der Waals surface area contributed by atoms with Crippen LogP contribution in [-0.4, -0.2) is 27.4 Å². The number of nitrogens with zero attached hydrogens (tertiary/aromatic N) is 6. The Balaban J connectivity index is 0.000000137. The van der Waals surface area contributed by atoms with Crippen molar-refractivity contribution in [3.63, 3.8) is 0 Å². The minimum absolute atomic E-state index is 1.14. The van der Waals surface area contributed by atoms with Crippen LogP contribution in [0.25, 0.3) is 232 Å². The number of rotatable bonds is 12. The first-order valence-corrected chi connectivity index (χ1v) is 43.3. The van der Waals surface area contributed by atoms with Gasteiger partial charge in [0.05, 0.1) is 66.2 Å². The average molecular weight is 1600 g/mol. The smallest absolute Gasteiger partial charge is 0.0562 e. The number of benzene rings is 20. The molecule has 6 heteroatoms. The molecule has 0 atom stereocenters. The number of hydrogen-bond acceptors (Lipinski definition) is 0. The van der Waals surface area contributed by atoms with E-state index in [0.29, 0.717) is 0 Å². The fraction of sp³-hybridized carbons (Fsp3) is 0. The van der Waals surface area contributed by atoms with Gasteiger partial charge in [0.25, 0.3) is 0 Å². The van der Waals surface area contributed by atoms with Crippen molar-refractivity contribution < 1.29 is 0 Å². The van der Waals surface area contributed by atoms with Gasteiger partial charge in [-0.15, -0.1) is 0 Å². The van der Waals surface area contributed by atoms with Gasteiger partial charge in [-0.2, -0.15) is 0 Å². The molecule has 0 spiro atoms. The van der Waals surface area contributed by atoms with Crippen molar-refractivity contribution in [1.82, 2.24) is 27.4 Å². The lowest BCUT2D eigenvalue weighted by molar-refractivity contribution is 1.16. The second-order valence-corrected chi connectivity index (χ2v) is 33.1. The topological polar surface area (TPSA) is 29.6 Å². The number of para-hydroxylation sites is 6. The van der Waals surface area contributed by atoms with E-state index in [4.69, 9.17) is 0 Å². The van der Waals surface area contributed by atoms with Crippen molar-refractivity contribution >= 4 is 131 Å². The van der Waals surface area contributed by atoms with Gasteiger partial charge in [-0.1, -0.05) is 303 Å². The van der Waals surface area contributed by atoms with Crippen LogP contribution in [0.15, 0.2) is 473 Å². The SMILES string of the molecule is c1ccc(-c2ccc(-n3c4ccccc4c4cc(-c5ccc6c(c5)c5cc7c(cc5n6-c5cccc(-c6ccccc6)c5)c5ccccc5n7-c5ccccc5)ccc43)cc2)cc1.c1ccc(-c2ccc(-n3c4ccccc4c4cc(-c5ccc6c(c5)c5cc7c8ccccc8n(-c8ccccc8)c7cc5n6-c5cccc(-c6ccccc6)c5)ccc43)cc2)cc1. The van der Waals surface area contributed by atoms with Gasteiger partial charge < -0.3 is 27.4 Å². The van der Waals surface area contributed by atoms with E-state index in [-0.39, 0.29) is 0 Å². The zero-order valence-corrected chi connectivity index (χ0v) is 68.7. The molecular weight excluding hydrogens is 1530 g/mol. The number of fused-ring (bicyclic) bond motifs is 18. The Morgan fingerprint density at radius 2 is 0.278 bits per heavy atom. The van der Waals surface area contributed by atoms with Crippen LogP contribution >= 0.6 is 0 Å². The summed E-state index contributed by atoms with van der Waals surface area (Å²) in [5, 5.41) is 14.9. The third-order valence-electron chi connectivity index (χ3n) is 26.0. The van der Waals surface area contributed by atoms with Crippen molar-refractivity contribution in [3.05, 3.63) is 473 Å². The summed E-state index contributed by atoms with van der Waals surface area (Å²) < 4.78 is 14.6. The molecule has 0 aliphatic rings. The molecule has 0 saturated carbocycles. The predicted molar refractivity (Wildman–Crippen MR) is 532 cm³/mol. The molecule has 126 heavy (non-hydrogen) atoms. The molecule has 0 N–H and O–H groups in total. The predicted octanol–water partition coefficient (Wildman–Crippen LogP) is 32.0. The Hall–Kier alpha value is -16.8.